The summed E-state index contributed by atoms with van der Waals surface area (Å²) in [5.74, 6) is 0. The molecule has 1 atom stereocenters. The number of hydrogen-bond acceptors (Lipinski definition) is 2. The lowest BCUT2D eigenvalue weighted by molar-refractivity contribution is 0.244. The molecule has 0 saturated heterocycles. The maximum Gasteiger partial charge on any atom is 0.107 e. The van der Waals surface area contributed by atoms with Crippen molar-refractivity contribution >= 4 is 0 Å². The number of benzene rings is 3. The minimum absolute atomic E-state index is 0.189. The molecule has 1 heterocycles. The van der Waals surface area contributed by atoms with E-state index in [1.165, 1.54) is 33.4 Å². The fourth-order valence-electron chi connectivity index (χ4n) is 4.38. The van der Waals surface area contributed by atoms with Gasteiger partial charge < -0.3 is 4.74 Å². The summed E-state index contributed by atoms with van der Waals surface area (Å²) in [6.45, 7) is 2.81. The summed E-state index contributed by atoms with van der Waals surface area (Å²) >= 11 is 0. The van der Waals surface area contributed by atoms with Gasteiger partial charge in [-0.2, -0.15) is 0 Å². The van der Waals surface area contributed by atoms with Gasteiger partial charge in [0.25, 0.3) is 0 Å². The number of nitrogens with one attached hydrogen (secondary N) is 1. The van der Waals surface area contributed by atoms with E-state index in [2.05, 4.69) is 91.1 Å². The number of hydrogen-bond donors (Lipinski definition) is 1. The molecule has 5 rings (SSSR count). The SMILES string of the molecule is CC1=COCC1NC1(c2ccccc2)c2ccccc2-c2ccccc21. The van der Waals surface area contributed by atoms with Crippen LogP contribution in [-0.4, -0.2) is 12.6 Å². The van der Waals surface area contributed by atoms with Gasteiger partial charge in [0.1, 0.15) is 6.61 Å². The second-order valence-electron chi connectivity index (χ2n) is 7.10. The minimum atomic E-state index is -0.373. The monoisotopic (exact) mass is 339 g/mol. The molecule has 0 saturated carbocycles. The highest BCUT2D eigenvalue weighted by atomic mass is 16.5. The van der Waals surface area contributed by atoms with Crippen molar-refractivity contribution in [3.8, 4) is 11.1 Å². The summed E-state index contributed by atoms with van der Waals surface area (Å²) in [6, 6.07) is 28.4. The Bertz CT molecular complexity index is 944. The largest absolute Gasteiger partial charge is 0.499 e. The van der Waals surface area contributed by atoms with E-state index in [0.717, 1.165) is 0 Å². The molecular weight excluding hydrogens is 318 g/mol. The first-order valence-corrected chi connectivity index (χ1v) is 9.11. The molecule has 3 aromatic carbocycles. The van der Waals surface area contributed by atoms with Crippen LogP contribution in [0, 0.1) is 0 Å². The highest BCUT2D eigenvalue weighted by Gasteiger charge is 2.46. The van der Waals surface area contributed by atoms with E-state index in [9.17, 15) is 0 Å². The van der Waals surface area contributed by atoms with E-state index in [4.69, 9.17) is 4.74 Å². The van der Waals surface area contributed by atoms with Crippen LogP contribution in [0.1, 0.15) is 23.6 Å². The Kier molecular flexibility index (Phi) is 3.47. The lowest BCUT2D eigenvalue weighted by Gasteiger charge is -2.36. The molecule has 0 fully saturated rings. The third-order valence-electron chi connectivity index (χ3n) is 5.63. The zero-order valence-corrected chi connectivity index (χ0v) is 14.8. The number of rotatable bonds is 3. The lowest BCUT2D eigenvalue weighted by atomic mass is 9.79. The van der Waals surface area contributed by atoms with Crippen molar-refractivity contribution in [1.82, 2.24) is 5.32 Å². The first-order valence-electron chi connectivity index (χ1n) is 9.11. The van der Waals surface area contributed by atoms with Crippen LogP contribution >= 0.6 is 0 Å². The van der Waals surface area contributed by atoms with Gasteiger partial charge >= 0.3 is 0 Å². The normalized spacial score (nSPS) is 19.4. The fourth-order valence-corrected chi connectivity index (χ4v) is 4.38. The van der Waals surface area contributed by atoms with Gasteiger partial charge in [0, 0.05) is 0 Å². The van der Waals surface area contributed by atoms with Gasteiger partial charge in [-0.25, -0.2) is 0 Å². The van der Waals surface area contributed by atoms with Gasteiger partial charge in [0.2, 0.25) is 0 Å². The van der Waals surface area contributed by atoms with Gasteiger partial charge in [-0.15, -0.1) is 0 Å². The average molecular weight is 339 g/mol. The average Bonchev–Trinajstić information content (AvgIpc) is 3.23. The van der Waals surface area contributed by atoms with Gasteiger partial charge in [0.05, 0.1) is 17.8 Å². The van der Waals surface area contributed by atoms with Crippen molar-refractivity contribution < 1.29 is 4.74 Å². The van der Waals surface area contributed by atoms with Gasteiger partial charge in [-0.3, -0.25) is 5.32 Å². The standard InChI is InChI=1S/C24H21NO/c1-17-15-26-16-23(17)25-24(18-9-3-2-4-10-18)21-13-7-5-11-19(21)20-12-6-8-14-22(20)24/h2-15,23,25H,16H2,1H3. The first-order chi connectivity index (χ1) is 12.8. The molecule has 1 aliphatic carbocycles. The second kappa shape index (κ2) is 5.86. The van der Waals surface area contributed by atoms with E-state index in [-0.39, 0.29) is 11.6 Å². The molecule has 0 bridgehead atoms. The zero-order chi connectivity index (χ0) is 17.6. The van der Waals surface area contributed by atoms with Crippen LogP contribution in [0.3, 0.4) is 0 Å². The van der Waals surface area contributed by atoms with E-state index in [1.54, 1.807) is 0 Å². The molecular formula is C24H21NO. The molecule has 26 heavy (non-hydrogen) atoms. The molecule has 1 unspecified atom stereocenters. The fraction of sp³-hybridized carbons (Fsp3) is 0.167. The van der Waals surface area contributed by atoms with Crippen molar-refractivity contribution in [3.05, 3.63) is 107 Å². The summed E-state index contributed by atoms with van der Waals surface area (Å²) in [7, 11) is 0. The van der Waals surface area contributed by atoms with E-state index >= 15 is 0 Å². The molecule has 0 radical (unpaired) electrons. The molecule has 2 heteroatoms. The number of ether oxygens (including phenoxy) is 1. The molecule has 0 amide bonds. The highest BCUT2D eigenvalue weighted by Crippen LogP contribution is 2.51. The van der Waals surface area contributed by atoms with Crippen molar-refractivity contribution in [3.63, 3.8) is 0 Å². The maximum absolute atomic E-state index is 5.61. The van der Waals surface area contributed by atoms with Crippen LogP contribution < -0.4 is 5.32 Å². The second-order valence-corrected chi connectivity index (χ2v) is 7.10. The molecule has 2 aliphatic rings. The molecule has 0 spiro atoms. The predicted octanol–water partition coefficient (Wildman–Crippen LogP) is 4.85. The zero-order valence-electron chi connectivity index (χ0n) is 14.8. The van der Waals surface area contributed by atoms with E-state index in [1.807, 2.05) is 6.26 Å². The first kappa shape index (κ1) is 15.4. The quantitative estimate of drug-likeness (QED) is 0.736. The lowest BCUT2D eigenvalue weighted by Crippen LogP contribution is -2.49. The Morgan fingerprint density at radius 1 is 0.808 bits per heavy atom. The smallest absolute Gasteiger partial charge is 0.107 e. The van der Waals surface area contributed by atoms with Gasteiger partial charge in [0.15, 0.2) is 0 Å². The van der Waals surface area contributed by atoms with Gasteiger partial charge in [-0.1, -0.05) is 78.9 Å². The van der Waals surface area contributed by atoms with Crippen LogP contribution in [0.2, 0.25) is 0 Å². The Morgan fingerprint density at radius 2 is 1.38 bits per heavy atom. The molecule has 2 nitrogen and oxygen atoms in total. The predicted molar refractivity (Wildman–Crippen MR) is 105 cm³/mol. The third kappa shape index (κ3) is 2.09. The van der Waals surface area contributed by atoms with Crippen LogP contribution in [0.15, 0.2) is 90.7 Å². The Labute approximate surface area is 154 Å². The van der Waals surface area contributed by atoms with Crippen molar-refractivity contribution in [1.29, 1.82) is 0 Å². The molecule has 128 valence electrons. The summed E-state index contributed by atoms with van der Waals surface area (Å²) in [5.41, 5.74) is 7.36. The summed E-state index contributed by atoms with van der Waals surface area (Å²) in [5, 5.41) is 3.98. The highest BCUT2D eigenvalue weighted by molar-refractivity contribution is 5.83. The summed E-state index contributed by atoms with van der Waals surface area (Å²) < 4.78 is 5.61. The maximum atomic E-state index is 5.61. The molecule has 3 aromatic rings. The van der Waals surface area contributed by atoms with E-state index in [0.29, 0.717) is 6.61 Å². The molecule has 0 aromatic heterocycles. The Hall–Kier alpha value is -2.84. The van der Waals surface area contributed by atoms with Crippen LogP contribution in [0.5, 0.6) is 0 Å². The Morgan fingerprint density at radius 3 is 1.96 bits per heavy atom. The van der Waals surface area contributed by atoms with Crippen molar-refractivity contribution in [2.45, 2.75) is 18.5 Å². The van der Waals surface area contributed by atoms with E-state index < -0.39 is 0 Å². The minimum Gasteiger partial charge on any atom is -0.499 e. The van der Waals surface area contributed by atoms with Crippen LogP contribution in [0.25, 0.3) is 11.1 Å². The van der Waals surface area contributed by atoms with Crippen molar-refractivity contribution in [2.24, 2.45) is 0 Å². The van der Waals surface area contributed by atoms with Gasteiger partial charge in [-0.05, 0) is 40.3 Å². The van der Waals surface area contributed by atoms with Crippen LogP contribution in [-0.2, 0) is 10.3 Å². The van der Waals surface area contributed by atoms with Crippen molar-refractivity contribution in [2.75, 3.05) is 6.61 Å². The summed E-state index contributed by atoms with van der Waals surface area (Å²) in [6.07, 6.45) is 1.88. The third-order valence-corrected chi connectivity index (χ3v) is 5.63. The molecule has 1 aliphatic heterocycles. The number of fused-ring (bicyclic) bond motifs is 3. The topological polar surface area (TPSA) is 21.3 Å². The van der Waals surface area contributed by atoms with Crippen LogP contribution in [0.4, 0.5) is 0 Å². The Balaban J connectivity index is 1.81. The summed E-state index contributed by atoms with van der Waals surface area (Å²) in [4.78, 5) is 0. The molecule has 1 N–H and O–H groups in total.